The fraction of sp³-hybridized carbons (Fsp3) is 0.966. The van der Waals surface area contributed by atoms with Gasteiger partial charge in [-0.2, -0.15) is 0 Å². The van der Waals surface area contributed by atoms with E-state index in [0.29, 0.717) is 6.54 Å². The van der Waals surface area contributed by atoms with Crippen LogP contribution in [0, 0.1) is 0 Å². The third-order valence-corrected chi connectivity index (χ3v) is 7.32. The summed E-state index contributed by atoms with van der Waals surface area (Å²) in [5, 5.41) is 10.7. The van der Waals surface area contributed by atoms with Gasteiger partial charge in [0.1, 0.15) is 5.78 Å². The first kappa shape index (κ1) is 30.6. The van der Waals surface area contributed by atoms with Gasteiger partial charge in [-0.15, -0.1) is 0 Å². The summed E-state index contributed by atoms with van der Waals surface area (Å²) in [5.41, 5.74) is 0. The molecule has 0 spiro atoms. The normalized spacial score (nSPS) is 22.5. The average molecular weight is 468 g/mol. The van der Waals surface area contributed by atoms with Crippen LogP contribution in [0.2, 0.25) is 0 Å². The van der Waals surface area contributed by atoms with Gasteiger partial charge in [-0.1, -0.05) is 117 Å². The molecule has 1 aliphatic heterocycles. The van der Waals surface area contributed by atoms with Crippen LogP contribution in [-0.2, 0) is 9.53 Å². The first-order valence-electron chi connectivity index (χ1n) is 14.6. The molecule has 1 saturated heterocycles. The zero-order valence-electron chi connectivity index (χ0n) is 22.7. The molecule has 1 aliphatic rings. The van der Waals surface area contributed by atoms with Gasteiger partial charge in [0.15, 0.2) is 0 Å². The molecule has 0 radical (unpaired) electrons. The van der Waals surface area contributed by atoms with E-state index in [2.05, 4.69) is 18.7 Å². The number of aliphatic hydroxyl groups excluding tert-OH is 1. The Morgan fingerprint density at radius 1 is 0.848 bits per heavy atom. The lowest BCUT2D eigenvalue weighted by Gasteiger charge is -2.43. The predicted octanol–water partition coefficient (Wildman–Crippen LogP) is 7.46. The molecule has 0 saturated carbocycles. The summed E-state index contributed by atoms with van der Waals surface area (Å²) in [4.78, 5) is 14.5. The van der Waals surface area contributed by atoms with Gasteiger partial charge in [-0.25, -0.2) is 0 Å². The van der Waals surface area contributed by atoms with E-state index in [1.54, 1.807) is 6.92 Å². The minimum Gasteiger partial charge on any atom is -0.392 e. The standard InChI is InChI=1S/C29H57NO3/c1-5-7-9-11-13-15-17-19-21-27(32)23-30-24-28(33-26(4)29(30)25(3)31)22-20-18-16-14-12-10-8-6-2/h26-29,32H,5-24H2,1-4H3. The molecule has 4 atom stereocenters. The number of unbranched alkanes of at least 4 members (excludes halogenated alkanes) is 14. The van der Waals surface area contributed by atoms with Crippen molar-refractivity contribution in [1.29, 1.82) is 0 Å². The number of nitrogens with zero attached hydrogens (tertiary/aromatic N) is 1. The molecule has 1 heterocycles. The molecule has 196 valence electrons. The van der Waals surface area contributed by atoms with Gasteiger partial charge in [-0.3, -0.25) is 9.69 Å². The molecule has 4 nitrogen and oxygen atoms in total. The third-order valence-electron chi connectivity index (χ3n) is 7.32. The first-order valence-corrected chi connectivity index (χ1v) is 14.6. The number of carbonyl (C=O) groups is 1. The smallest absolute Gasteiger partial charge is 0.149 e. The second-order valence-corrected chi connectivity index (χ2v) is 10.7. The maximum atomic E-state index is 12.3. The molecule has 0 aromatic rings. The molecule has 1 fully saturated rings. The van der Waals surface area contributed by atoms with Crippen molar-refractivity contribution in [1.82, 2.24) is 4.90 Å². The van der Waals surface area contributed by atoms with Crippen molar-refractivity contribution in [3.8, 4) is 0 Å². The second-order valence-electron chi connectivity index (χ2n) is 10.7. The minimum absolute atomic E-state index is 0.0920. The van der Waals surface area contributed by atoms with Crippen LogP contribution in [0.3, 0.4) is 0 Å². The second kappa shape index (κ2) is 19.8. The van der Waals surface area contributed by atoms with Crippen LogP contribution in [-0.4, -0.2) is 53.2 Å². The van der Waals surface area contributed by atoms with Crippen LogP contribution in [0.1, 0.15) is 143 Å². The highest BCUT2D eigenvalue weighted by atomic mass is 16.5. The number of ketones is 1. The number of morpholine rings is 1. The van der Waals surface area contributed by atoms with Gasteiger partial charge in [0, 0.05) is 13.1 Å². The van der Waals surface area contributed by atoms with E-state index in [1.807, 2.05) is 6.92 Å². The molecule has 0 aromatic heterocycles. The van der Waals surface area contributed by atoms with E-state index in [4.69, 9.17) is 4.74 Å². The lowest BCUT2D eigenvalue weighted by Crippen LogP contribution is -2.58. The zero-order chi connectivity index (χ0) is 24.3. The zero-order valence-corrected chi connectivity index (χ0v) is 22.7. The molecule has 1 rings (SSSR count). The molecule has 1 N–H and O–H groups in total. The lowest BCUT2D eigenvalue weighted by molar-refractivity contribution is -0.148. The van der Waals surface area contributed by atoms with E-state index in [0.717, 1.165) is 25.8 Å². The number of Topliss-reactive ketones (excluding diaryl/α,β-unsaturated/α-hetero) is 1. The largest absolute Gasteiger partial charge is 0.392 e. The van der Waals surface area contributed by atoms with Crippen LogP contribution < -0.4 is 0 Å². The molecule has 4 unspecified atom stereocenters. The summed E-state index contributed by atoms with van der Waals surface area (Å²) in [6.07, 6.45) is 22.5. The lowest BCUT2D eigenvalue weighted by atomic mass is 9.98. The Kier molecular flexibility index (Phi) is 18.4. The Balaban J connectivity index is 2.31. The van der Waals surface area contributed by atoms with Gasteiger partial charge < -0.3 is 9.84 Å². The molecule has 33 heavy (non-hydrogen) atoms. The quantitative estimate of drug-likeness (QED) is 0.178. The Morgan fingerprint density at radius 2 is 1.33 bits per heavy atom. The predicted molar refractivity (Wildman–Crippen MR) is 141 cm³/mol. The number of rotatable bonds is 21. The van der Waals surface area contributed by atoms with E-state index < -0.39 is 0 Å². The van der Waals surface area contributed by atoms with Crippen molar-refractivity contribution >= 4 is 5.78 Å². The maximum absolute atomic E-state index is 12.3. The molecule has 0 aromatic carbocycles. The van der Waals surface area contributed by atoms with Crippen LogP contribution in [0.15, 0.2) is 0 Å². The SMILES string of the molecule is CCCCCCCCCCC(O)CN1CC(CCCCCCCCCC)OC(C)C1C(C)=O. The van der Waals surface area contributed by atoms with Crippen molar-refractivity contribution < 1.29 is 14.6 Å². The third kappa shape index (κ3) is 14.5. The monoisotopic (exact) mass is 467 g/mol. The van der Waals surface area contributed by atoms with Crippen molar-refractivity contribution in [2.24, 2.45) is 0 Å². The van der Waals surface area contributed by atoms with Gasteiger partial charge in [0.25, 0.3) is 0 Å². The summed E-state index contributed by atoms with van der Waals surface area (Å²) in [7, 11) is 0. The van der Waals surface area contributed by atoms with Gasteiger partial charge in [0.2, 0.25) is 0 Å². The van der Waals surface area contributed by atoms with Crippen LogP contribution in [0.4, 0.5) is 0 Å². The number of β-amino-alcohol motifs (C(OH)–C–C–N with tert-alkyl or cyclic N) is 1. The molecule has 0 bridgehead atoms. The fourth-order valence-electron chi connectivity index (χ4n) is 5.41. The number of hydrogen-bond donors (Lipinski definition) is 1. The first-order chi connectivity index (χ1) is 16.0. The van der Waals surface area contributed by atoms with Crippen molar-refractivity contribution in [3.05, 3.63) is 0 Å². The van der Waals surface area contributed by atoms with Gasteiger partial charge >= 0.3 is 0 Å². The number of ether oxygens (including phenoxy) is 1. The molecular weight excluding hydrogens is 410 g/mol. The van der Waals surface area contributed by atoms with Crippen LogP contribution >= 0.6 is 0 Å². The molecule has 0 aliphatic carbocycles. The fourth-order valence-corrected chi connectivity index (χ4v) is 5.41. The summed E-state index contributed by atoms with van der Waals surface area (Å²) in [5.74, 6) is 0.160. The van der Waals surface area contributed by atoms with Crippen molar-refractivity contribution in [2.45, 2.75) is 168 Å². The Labute approximate surface area is 206 Å². The number of carbonyl (C=O) groups excluding carboxylic acids is 1. The molecular formula is C29H57NO3. The Bertz CT molecular complexity index is 468. The summed E-state index contributed by atoms with van der Waals surface area (Å²) >= 11 is 0. The molecule has 0 amide bonds. The van der Waals surface area contributed by atoms with E-state index in [9.17, 15) is 9.90 Å². The number of aliphatic hydroxyl groups is 1. The topological polar surface area (TPSA) is 49.8 Å². The van der Waals surface area contributed by atoms with Crippen LogP contribution in [0.25, 0.3) is 0 Å². The van der Waals surface area contributed by atoms with Crippen molar-refractivity contribution in [2.75, 3.05) is 13.1 Å². The van der Waals surface area contributed by atoms with E-state index >= 15 is 0 Å². The number of hydrogen-bond acceptors (Lipinski definition) is 4. The highest BCUT2D eigenvalue weighted by Crippen LogP contribution is 2.24. The Hall–Kier alpha value is -0.450. The maximum Gasteiger partial charge on any atom is 0.149 e. The Morgan fingerprint density at radius 3 is 1.85 bits per heavy atom. The molecule has 4 heteroatoms. The van der Waals surface area contributed by atoms with Crippen molar-refractivity contribution in [3.63, 3.8) is 0 Å². The van der Waals surface area contributed by atoms with Gasteiger partial charge in [0.05, 0.1) is 24.4 Å². The average Bonchev–Trinajstić information content (AvgIpc) is 2.77. The highest BCUT2D eigenvalue weighted by Gasteiger charge is 2.37. The highest BCUT2D eigenvalue weighted by molar-refractivity contribution is 5.82. The summed E-state index contributed by atoms with van der Waals surface area (Å²) in [6.45, 7) is 9.60. The van der Waals surface area contributed by atoms with Crippen LogP contribution in [0.5, 0.6) is 0 Å². The van der Waals surface area contributed by atoms with Gasteiger partial charge in [-0.05, 0) is 26.7 Å². The summed E-state index contributed by atoms with van der Waals surface area (Å²) < 4.78 is 6.24. The van der Waals surface area contributed by atoms with E-state index in [-0.39, 0.29) is 30.1 Å². The van der Waals surface area contributed by atoms with E-state index in [1.165, 1.54) is 96.3 Å². The summed E-state index contributed by atoms with van der Waals surface area (Å²) in [6, 6.07) is -0.215. The minimum atomic E-state index is -0.346.